The van der Waals surface area contributed by atoms with Crippen LogP contribution in [0.1, 0.15) is 21.8 Å². The maximum atomic E-state index is 12.1. The fourth-order valence-electron chi connectivity index (χ4n) is 2.60. The van der Waals surface area contributed by atoms with Crippen molar-refractivity contribution in [3.05, 3.63) is 40.6 Å². The van der Waals surface area contributed by atoms with E-state index in [4.69, 9.17) is 18.7 Å². The zero-order valence-electron chi connectivity index (χ0n) is 16.3. The molecule has 0 unspecified atom stereocenters. The molecule has 0 saturated heterocycles. The van der Waals surface area contributed by atoms with Crippen molar-refractivity contribution in [2.75, 3.05) is 26.1 Å². The van der Waals surface area contributed by atoms with Gasteiger partial charge in [0, 0.05) is 17.0 Å². The smallest absolute Gasteiger partial charge is 0.344 e. The molecular formula is C19H19N3O6S. The predicted molar refractivity (Wildman–Crippen MR) is 106 cm³/mol. The van der Waals surface area contributed by atoms with Gasteiger partial charge in [-0.2, -0.15) is 0 Å². The molecule has 0 radical (unpaired) electrons. The Kier molecular flexibility index (Phi) is 6.13. The molecule has 1 amide bonds. The lowest BCUT2D eigenvalue weighted by molar-refractivity contribution is -0.119. The quantitative estimate of drug-likeness (QED) is 0.583. The summed E-state index contributed by atoms with van der Waals surface area (Å²) in [5.74, 6) is 0.424. The zero-order valence-corrected chi connectivity index (χ0v) is 17.1. The first kappa shape index (κ1) is 20.3. The van der Waals surface area contributed by atoms with Crippen LogP contribution in [0.4, 0.5) is 5.13 Å². The van der Waals surface area contributed by atoms with Gasteiger partial charge in [-0.15, -0.1) is 11.3 Å². The van der Waals surface area contributed by atoms with E-state index in [1.165, 1.54) is 11.3 Å². The second kappa shape index (κ2) is 8.74. The number of carbonyl (C=O) groups excluding carboxylic acids is 2. The standard InChI is InChI=1S/C19H19N3O6S/c1-10-17(11(2)28-22-10)18(24)27-8-16(23)21-19-20-14(9-29-19)13-6-5-12(25-3)7-15(13)26-4/h5-7,9H,8H2,1-4H3,(H,20,21,23). The molecule has 0 aliphatic carbocycles. The third-order valence-corrected chi connectivity index (χ3v) is 4.76. The number of ether oxygens (including phenoxy) is 3. The summed E-state index contributed by atoms with van der Waals surface area (Å²) in [6.45, 7) is 2.77. The highest BCUT2D eigenvalue weighted by molar-refractivity contribution is 7.14. The van der Waals surface area contributed by atoms with Crippen LogP contribution in [0.25, 0.3) is 11.3 Å². The van der Waals surface area contributed by atoms with Crippen LogP contribution in [0.2, 0.25) is 0 Å². The number of benzene rings is 1. The summed E-state index contributed by atoms with van der Waals surface area (Å²) >= 11 is 1.24. The Balaban J connectivity index is 1.63. The van der Waals surface area contributed by atoms with Gasteiger partial charge in [0.15, 0.2) is 11.7 Å². The number of thiazole rings is 1. The van der Waals surface area contributed by atoms with Crippen LogP contribution in [0, 0.1) is 13.8 Å². The number of esters is 1. The van der Waals surface area contributed by atoms with Crippen LogP contribution in [0.15, 0.2) is 28.1 Å². The van der Waals surface area contributed by atoms with E-state index in [0.717, 1.165) is 5.56 Å². The highest BCUT2D eigenvalue weighted by Crippen LogP contribution is 2.34. The van der Waals surface area contributed by atoms with Crippen molar-refractivity contribution in [1.29, 1.82) is 0 Å². The lowest BCUT2D eigenvalue weighted by Gasteiger charge is -2.08. The van der Waals surface area contributed by atoms with Crippen LogP contribution in [0.3, 0.4) is 0 Å². The van der Waals surface area contributed by atoms with E-state index in [2.05, 4.69) is 15.5 Å². The monoisotopic (exact) mass is 417 g/mol. The van der Waals surface area contributed by atoms with Crippen molar-refractivity contribution < 1.29 is 28.3 Å². The van der Waals surface area contributed by atoms with E-state index in [0.29, 0.717) is 33.8 Å². The highest BCUT2D eigenvalue weighted by Gasteiger charge is 2.20. The van der Waals surface area contributed by atoms with Crippen molar-refractivity contribution in [2.45, 2.75) is 13.8 Å². The average molecular weight is 417 g/mol. The van der Waals surface area contributed by atoms with Crippen LogP contribution in [-0.2, 0) is 9.53 Å². The lowest BCUT2D eigenvalue weighted by Crippen LogP contribution is -2.21. The molecule has 3 rings (SSSR count). The summed E-state index contributed by atoms with van der Waals surface area (Å²) in [5, 5.41) is 8.45. The van der Waals surface area contributed by atoms with Gasteiger partial charge in [0.1, 0.15) is 22.8 Å². The molecule has 0 aliphatic heterocycles. The molecule has 152 valence electrons. The molecule has 0 fully saturated rings. The van der Waals surface area contributed by atoms with Gasteiger partial charge >= 0.3 is 5.97 Å². The molecular weight excluding hydrogens is 398 g/mol. The Morgan fingerprint density at radius 1 is 1.21 bits per heavy atom. The molecule has 2 heterocycles. The van der Waals surface area contributed by atoms with Gasteiger partial charge in [0.05, 0.1) is 25.6 Å². The fraction of sp³-hybridized carbons (Fsp3) is 0.263. The van der Waals surface area contributed by atoms with Crippen LogP contribution < -0.4 is 14.8 Å². The summed E-state index contributed by atoms with van der Waals surface area (Å²) in [7, 11) is 3.13. The first-order chi connectivity index (χ1) is 13.9. The number of hydrogen-bond acceptors (Lipinski definition) is 9. The normalized spacial score (nSPS) is 10.5. The van der Waals surface area contributed by atoms with Gasteiger partial charge in [-0.05, 0) is 26.0 Å². The highest BCUT2D eigenvalue weighted by atomic mass is 32.1. The summed E-state index contributed by atoms with van der Waals surface area (Å²) < 4.78 is 20.5. The molecule has 0 saturated carbocycles. The number of carbonyl (C=O) groups is 2. The predicted octanol–water partition coefficient (Wildman–Crippen LogP) is 3.23. The third-order valence-electron chi connectivity index (χ3n) is 4.01. The Hall–Kier alpha value is -3.40. The molecule has 1 aromatic carbocycles. The van der Waals surface area contributed by atoms with Crippen molar-refractivity contribution in [1.82, 2.24) is 10.1 Å². The number of aryl methyl sites for hydroxylation is 2. The van der Waals surface area contributed by atoms with E-state index < -0.39 is 18.5 Å². The van der Waals surface area contributed by atoms with Crippen LogP contribution >= 0.6 is 11.3 Å². The minimum absolute atomic E-state index is 0.223. The second-order valence-electron chi connectivity index (χ2n) is 5.93. The fourth-order valence-corrected chi connectivity index (χ4v) is 3.32. The first-order valence-corrected chi connectivity index (χ1v) is 9.38. The van der Waals surface area contributed by atoms with Gasteiger partial charge in [-0.1, -0.05) is 5.16 Å². The number of anilines is 1. The number of amides is 1. The Morgan fingerprint density at radius 3 is 2.66 bits per heavy atom. The Morgan fingerprint density at radius 2 is 2.00 bits per heavy atom. The topological polar surface area (TPSA) is 113 Å². The Labute approximate surface area is 170 Å². The molecule has 0 spiro atoms. The summed E-state index contributed by atoms with van der Waals surface area (Å²) in [6, 6.07) is 5.37. The van der Waals surface area contributed by atoms with Gasteiger partial charge in [-0.25, -0.2) is 9.78 Å². The van der Waals surface area contributed by atoms with Gasteiger partial charge in [0.25, 0.3) is 5.91 Å². The molecule has 1 N–H and O–H groups in total. The minimum Gasteiger partial charge on any atom is -0.497 e. The number of rotatable bonds is 7. The zero-order chi connectivity index (χ0) is 21.0. The number of aromatic nitrogens is 2. The van der Waals surface area contributed by atoms with Crippen molar-refractivity contribution in [2.24, 2.45) is 0 Å². The molecule has 3 aromatic rings. The maximum Gasteiger partial charge on any atom is 0.344 e. The third kappa shape index (κ3) is 4.54. The number of nitrogens with one attached hydrogen (secondary N) is 1. The summed E-state index contributed by atoms with van der Waals surface area (Å²) in [5.41, 5.74) is 2.03. The second-order valence-corrected chi connectivity index (χ2v) is 6.79. The van der Waals surface area contributed by atoms with E-state index in [1.807, 2.05) is 6.07 Å². The summed E-state index contributed by atoms with van der Waals surface area (Å²) in [4.78, 5) is 28.6. The van der Waals surface area contributed by atoms with Crippen molar-refractivity contribution in [3.8, 4) is 22.8 Å². The largest absolute Gasteiger partial charge is 0.497 e. The number of methoxy groups -OCH3 is 2. The molecule has 2 aromatic heterocycles. The maximum absolute atomic E-state index is 12.1. The molecule has 0 bridgehead atoms. The Bertz CT molecular complexity index is 1020. The lowest BCUT2D eigenvalue weighted by atomic mass is 10.1. The molecule has 0 aliphatic rings. The molecule has 10 heteroatoms. The van der Waals surface area contributed by atoms with E-state index in [9.17, 15) is 9.59 Å². The van der Waals surface area contributed by atoms with E-state index in [1.54, 1.807) is 45.6 Å². The number of hydrogen-bond donors (Lipinski definition) is 1. The van der Waals surface area contributed by atoms with Gasteiger partial charge < -0.3 is 18.7 Å². The molecule has 9 nitrogen and oxygen atoms in total. The van der Waals surface area contributed by atoms with E-state index >= 15 is 0 Å². The van der Waals surface area contributed by atoms with Gasteiger partial charge in [-0.3, -0.25) is 10.1 Å². The van der Waals surface area contributed by atoms with Gasteiger partial charge in [0.2, 0.25) is 0 Å². The number of nitrogens with zero attached hydrogens (tertiary/aromatic N) is 2. The summed E-state index contributed by atoms with van der Waals surface area (Å²) in [6.07, 6.45) is 0. The van der Waals surface area contributed by atoms with E-state index in [-0.39, 0.29) is 5.56 Å². The minimum atomic E-state index is -0.667. The SMILES string of the molecule is COc1ccc(-c2csc(NC(=O)COC(=O)c3c(C)noc3C)n2)c(OC)c1. The molecule has 0 atom stereocenters. The molecule has 29 heavy (non-hydrogen) atoms. The average Bonchev–Trinajstić information content (AvgIpc) is 3.31. The van der Waals surface area contributed by atoms with Crippen LogP contribution in [0.5, 0.6) is 11.5 Å². The van der Waals surface area contributed by atoms with Crippen molar-refractivity contribution in [3.63, 3.8) is 0 Å². The van der Waals surface area contributed by atoms with Crippen molar-refractivity contribution >= 4 is 28.3 Å². The van der Waals surface area contributed by atoms with Crippen LogP contribution in [-0.4, -0.2) is 42.8 Å². The first-order valence-electron chi connectivity index (χ1n) is 8.50.